The molecule has 2 heterocycles. The number of carbonyl (C=O) groups excluding carboxylic acids is 1. The lowest BCUT2D eigenvalue weighted by atomic mass is 9.77. The molecule has 1 spiro atoms. The number of nitrogens with zero attached hydrogens (tertiary/aromatic N) is 4. The number of aromatic nitrogens is 2. The number of amides is 3. The summed E-state index contributed by atoms with van der Waals surface area (Å²) >= 11 is 0. The van der Waals surface area contributed by atoms with Crippen molar-refractivity contribution in [2.24, 2.45) is 0 Å². The van der Waals surface area contributed by atoms with E-state index in [9.17, 15) is 29.4 Å². The molecule has 1 aromatic heterocycles. The van der Waals surface area contributed by atoms with Crippen LogP contribution in [0.2, 0.25) is 0 Å². The van der Waals surface area contributed by atoms with Gasteiger partial charge in [-0.15, -0.1) is 0 Å². The highest BCUT2D eigenvalue weighted by molar-refractivity contribution is 5.99. The average molecular weight is 537 g/mol. The van der Waals surface area contributed by atoms with Gasteiger partial charge in [-0.1, -0.05) is 30.3 Å². The summed E-state index contributed by atoms with van der Waals surface area (Å²) in [6.45, 7) is 0.0724. The van der Waals surface area contributed by atoms with Crippen LogP contribution in [0.25, 0.3) is 10.9 Å². The number of rotatable bonds is 5. The summed E-state index contributed by atoms with van der Waals surface area (Å²) in [6.07, 6.45) is -0.756. The lowest BCUT2D eigenvalue weighted by molar-refractivity contribution is -0.150. The number of carbonyl (C=O) groups is 3. The maximum Gasteiger partial charge on any atom is 0.414 e. The van der Waals surface area contributed by atoms with E-state index in [1.165, 1.54) is 18.0 Å². The standard InChI is InChI=1S/C27H28N4O8/c1-38-21-14-20-19(23(32)29(16-28-20)15-17-5-3-2-4-6-17)13-22(21)39-18-7-9-27(10-8-18)24(33)30(25(34)35)11-12-31(27)26(36)37/h2-6,13-14,16,18H,7-12,15H2,1H3,(H,34,35)(H,36,37). The van der Waals surface area contributed by atoms with Gasteiger partial charge < -0.3 is 19.7 Å². The molecule has 1 aliphatic carbocycles. The van der Waals surface area contributed by atoms with E-state index < -0.39 is 29.7 Å². The van der Waals surface area contributed by atoms with E-state index in [-0.39, 0.29) is 31.5 Å². The lowest BCUT2D eigenvalue weighted by Crippen LogP contribution is -2.69. The van der Waals surface area contributed by atoms with Gasteiger partial charge in [-0.3, -0.25) is 19.1 Å². The Bertz CT molecular complexity index is 1480. The van der Waals surface area contributed by atoms with Gasteiger partial charge in [0.25, 0.3) is 11.5 Å². The van der Waals surface area contributed by atoms with Crippen LogP contribution >= 0.6 is 0 Å². The quantitative estimate of drug-likeness (QED) is 0.501. The molecule has 0 radical (unpaired) electrons. The number of methoxy groups -OCH3 is 1. The van der Waals surface area contributed by atoms with Crippen molar-refractivity contribution in [1.29, 1.82) is 0 Å². The maximum atomic E-state index is 13.3. The van der Waals surface area contributed by atoms with Crippen molar-refractivity contribution in [3.05, 3.63) is 64.7 Å². The number of hydrogen-bond acceptors (Lipinski definition) is 7. The third-order valence-corrected chi connectivity index (χ3v) is 7.53. The SMILES string of the molecule is COc1cc2ncn(Cc3ccccc3)c(=O)c2cc1OC1CCC2(CC1)C(=O)N(C(=O)O)CCN2C(=O)O. The molecule has 1 saturated carbocycles. The van der Waals surface area contributed by atoms with Gasteiger partial charge in [0.2, 0.25) is 0 Å². The van der Waals surface area contributed by atoms with Crippen LogP contribution in [-0.4, -0.2) is 79.5 Å². The largest absolute Gasteiger partial charge is 0.493 e. The van der Waals surface area contributed by atoms with Crippen LogP contribution in [0, 0.1) is 0 Å². The Morgan fingerprint density at radius 1 is 1.03 bits per heavy atom. The van der Waals surface area contributed by atoms with Crippen LogP contribution in [-0.2, 0) is 11.3 Å². The molecule has 12 heteroatoms. The fourth-order valence-corrected chi connectivity index (χ4v) is 5.50. The van der Waals surface area contributed by atoms with Gasteiger partial charge in [0.1, 0.15) is 5.54 Å². The molecule has 2 aromatic carbocycles. The molecule has 0 atom stereocenters. The second kappa shape index (κ2) is 10.3. The van der Waals surface area contributed by atoms with Gasteiger partial charge in [-0.2, -0.15) is 0 Å². The first kappa shape index (κ1) is 26.0. The minimum absolute atomic E-state index is 0.0837. The second-order valence-electron chi connectivity index (χ2n) is 9.71. The molecule has 2 fully saturated rings. The molecule has 3 aromatic rings. The number of imide groups is 1. The van der Waals surface area contributed by atoms with E-state index in [4.69, 9.17) is 9.47 Å². The molecular weight excluding hydrogens is 508 g/mol. The van der Waals surface area contributed by atoms with Crippen molar-refractivity contribution < 1.29 is 34.1 Å². The first-order chi connectivity index (χ1) is 18.7. The minimum atomic E-state index is -1.45. The predicted molar refractivity (Wildman–Crippen MR) is 138 cm³/mol. The number of ether oxygens (including phenoxy) is 2. The number of fused-ring (bicyclic) bond motifs is 1. The summed E-state index contributed by atoms with van der Waals surface area (Å²) in [7, 11) is 1.48. The van der Waals surface area contributed by atoms with Crippen molar-refractivity contribution in [2.75, 3.05) is 20.2 Å². The number of hydrogen-bond donors (Lipinski definition) is 2. The molecule has 2 aliphatic rings. The summed E-state index contributed by atoms with van der Waals surface area (Å²) in [5.74, 6) is -0.0107. The molecule has 1 saturated heterocycles. The Labute approximate surface area is 223 Å². The third kappa shape index (κ3) is 4.73. The van der Waals surface area contributed by atoms with Crippen LogP contribution in [0.4, 0.5) is 9.59 Å². The van der Waals surface area contributed by atoms with E-state index in [1.807, 2.05) is 30.3 Å². The number of carboxylic acid groups (broad SMARTS) is 2. The van der Waals surface area contributed by atoms with Crippen LogP contribution in [0.1, 0.15) is 31.2 Å². The monoisotopic (exact) mass is 536 g/mol. The molecular formula is C27H28N4O8. The van der Waals surface area contributed by atoms with Crippen molar-refractivity contribution >= 4 is 29.0 Å². The second-order valence-corrected chi connectivity index (χ2v) is 9.71. The average Bonchev–Trinajstić information content (AvgIpc) is 2.93. The number of benzene rings is 2. The van der Waals surface area contributed by atoms with Crippen LogP contribution in [0.5, 0.6) is 11.5 Å². The Balaban J connectivity index is 1.39. The van der Waals surface area contributed by atoms with Crippen molar-refractivity contribution in [1.82, 2.24) is 19.4 Å². The molecule has 2 N–H and O–H groups in total. The Morgan fingerprint density at radius 2 is 1.74 bits per heavy atom. The van der Waals surface area contributed by atoms with Crippen molar-refractivity contribution in [3.63, 3.8) is 0 Å². The molecule has 0 bridgehead atoms. The lowest BCUT2D eigenvalue weighted by Gasteiger charge is -2.49. The molecule has 39 heavy (non-hydrogen) atoms. The van der Waals surface area contributed by atoms with Gasteiger partial charge in [-0.25, -0.2) is 19.5 Å². The summed E-state index contributed by atoms with van der Waals surface area (Å²) in [5.41, 5.74) is -0.284. The summed E-state index contributed by atoms with van der Waals surface area (Å²) in [6, 6.07) is 12.8. The first-order valence-corrected chi connectivity index (χ1v) is 12.6. The number of piperazine rings is 1. The normalized spacial score (nSPS) is 21.3. The minimum Gasteiger partial charge on any atom is -0.493 e. The molecule has 204 valence electrons. The van der Waals surface area contributed by atoms with Gasteiger partial charge in [-0.05, 0) is 37.3 Å². The Kier molecular flexibility index (Phi) is 6.85. The zero-order chi connectivity index (χ0) is 27.7. The van der Waals surface area contributed by atoms with E-state index in [0.717, 1.165) is 10.5 Å². The highest BCUT2D eigenvalue weighted by Crippen LogP contribution is 2.40. The van der Waals surface area contributed by atoms with Crippen molar-refractivity contribution in [3.8, 4) is 11.5 Å². The molecule has 0 unspecified atom stereocenters. The van der Waals surface area contributed by atoms with Crippen molar-refractivity contribution in [2.45, 2.75) is 43.9 Å². The highest BCUT2D eigenvalue weighted by atomic mass is 16.5. The zero-order valence-corrected chi connectivity index (χ0v) is 21.3. The predicted octanol–water partition coefficient (Wildman–Crippen LogP) is 3.01. The van der Waals surface area contributed by atoms with E-state index in [1.54, 1.807) is 12.1 Å². The van der Waals surface area contributed by atoms with Gasteiger partial charge in [0, 0.05) is 19.2 Å². The van der Waals surface area contributed by atoms with Crippen LogP contribution in [0.15, 0.2) is 53.6 Å². The Hall–Kier alpha value is -4.61. The maximum absolute atomic E-state index is 13.3. The van der Waals surface area contributed by atoms with E-state index in [2.05, 4.69) is 4.98 Å². The van der Waals surface area contributed by atoms with Crippen LogP contribution < -0.4 is 15.0 Å². The fraction of sp³-hybridized carbons (Fsp3) is 0.370. The summed E-state index contributed by atoms with van der Waals surface area (Å²) in [5, 5.41) is 19.5. The highest BCUT2D eigenvalue weighted by Gasteiger charge is 2.54. The van der Waals surface area contributed by atoms with Crippen LogP contribution in [0.3, 0.4) is 0 Å². The molecule has 1 aliphatic heterocycles. The van der Waals surface area contributed by atoms with Gasteiger partial charge in [0.15, 0.2) is 11.5 Å². The van der Waals surface area contributed by atoms with E-state index in [0.29, 0.717) is 46.7 Å². The third-order valence-electron chi connectivity index (χ3n) is 7.53. The van der Waals surface area contributed by atoms with Gasteiger partial charge in [0.05, 0.1) is 37.0 Å². The molecule has 5 rings (SSSR count). The molecule has 12 nitrogen and oxygen atoms in total. The Morgan fingerprint density at radius 3 is 2.38 bits per heavy atom. The smallest absolute Gasteiger partial charge is 0.414 e. The summed E-state index contributed by atoms with van der Waals surface area (Å²) < 4.78 is 13.2. The zero-order valence-electron chi connectivity index (χ0n) is 21.3. The summed E-state index contributed by atoms with van der Waals surface area (Å²) in [4.78, 5) is 56.1. The van der Waals surface area contributed by atoms with Gasteiger partial charge >= 0.3 is 12.2 Å². The topological polar surface area (TPSA) is 152 Å². The fourth-order valence-electron chi connectivity index (χ4n) is 5.50. The molecule has 3 amide bonds. The first-order valence-electron chi connectivity index (χ1n) is 12.6. The van der Waals surface area contributed by atoms with E-state index >= 15 is 0 Å².